The van der Waals surface area contributed by atoms with Crippen LogP contribution >= 0.6 is 22.9 Å². The Morgan fingerprint density at radius 2 is 1.74 bits per heavy atom. The van der Waals surface area contributed by atoms with E-state index in [-0.39, 0.29) is 16.5 Å². The fourth-order valence-electron chi connectivity index (χ4n) is 3.77. The summed E-state index contributed by atoms with van der Waals surface area (Å²) in [5, 5.41) is 25.2. The van der Waals surface area contributed by atoms with Gasteiger partial charge in [-0.05, 0) is 47.5 Å². The number of carboxylic acid groups (broad SMARTS) is 1. The van der Waals surface area contributed by atoms with E-state index >= 15 is 0 Å². The molecule has 8 nitrogen and oxygen atoms in total. The second kappa shape index (κ2) is 9.65. The van der Waals surface area contributed by atoms with Crippen LogP contribution in [0.25, 0.3) is 0 Å². The molecule has 35 heavy (non-hydrogen) atoms. The highest BCUT2D eigenvalue weighted by Gasteiger charge is 2.32. The maximum absolute atomic E-state index is 12.3. The molecule has 0 bridgehead atoms. The predicted octanol–water partition coefficient (Wildman–Crippen LogP) is 6.56. The summed E-state index contributed by atoms with van der Waals surface area (Å²) in [4.78, 5) is 26.0. The van der Waals surface area contributed by atoms with Gasteiger partial charge in [-0.2, -0.15) is 5.10 Å². The molecule has 0 spiro atoms. The molecule has 1 aliphatic rings. The highest BCUT2D eigenvalue weighted by Crippen LogP contribution is 2.41. The Hall–Kier alpha value is -4.08. The van der Waals surface area contributed by atoms with Crippen molar-refractivity contribution in [2.24, 2.45) is 15.3 Å². The van der Waals surface area contributed by atoms with Gasteiger partial charge in [0.05, 0.1) is 23.0 Å². The van der Waals surface area contributed by atoms with E-state index < -0.39 is 5.97 Å². The van der Waals surface area contributed by atoms with Gasteiger partial charge in [-0.1, -0.05) is 65.4 Å². The number of azo groups is 1. The van der Waals surface area contributed by atoms with Crippen molar-refractivity contribution in [2.75, 3.05) is 5.01 Å². The Kier molecular flexibility index (Phi) is 6.26. The van der Waals surface area contributed by atoms with Gasteiger partial charge >= 0.3 is 10.8 Å². The van der Waals surface area contributed by atoms with Gasteiger partial charge < -0.3 is 5.11 Å². The lowest BCUT2D eigenvalue weighted by molar-refractivity contribution is 0.0697. The number of hydrogen-bond acceptors (Lipinski definition) is 7. The van der Waals surface area contributed by atoms with E-state index in [2.05, 4.69) is 15.2 Å². The van der Waals surface area contributed by atoms with Crippen LogP contribution in [0.3, 0.4) is 0 Å². The number of thiazole rings is 1. The van der Waals surface area contributed by atoms with Crippen molar-refractivity contribution in [2.45, 2.75) is 12.5 Å². The van der Waals surface area contributed by atoms with Crippen LogP contribution in [-0.2, 0) is 0 Å². The minimum absolute atomic E-state index is 0.154. The quantitative estimate of drug-likeness (QED) is 0.290. The number of H-pyrrole nitrogens is 1. The number of hydrazone groups is 1. The summed E-state index contributed by atoms with van der Waals surface area (Å²) in [6.07, 6.45) is 0.622. The van der Waals surface area contributed by atoms with E-state index in [1.165, 1.54) is 12.1 Å². The van der Waals surface area contributed by atoms with Gasteiger partial charge in [0.15, 0.2) is 10.8 Å². The maximum Gasteiger partial charge on any atom is 0.335 e. The van der Waals surface area contributed by atoms with Crippen molar-refractivity contribution in [3.05, 3.63) is 110 Å². The largest absolute Gasteiger partial charge is 0.478 e. The predicted molar refractivity (Wildman–Crippen MR) is 137 cm³/mol. The van der Waals surface area contributed by atoms with Crippen molar-refractivity contribution in [3.8, 4) is 0 Å². The SMILES string of the molecule is O=C(O)c1ccc(N=Nc2sc(=O)[nH]c2N2N=C(c3ccccc3)C[C@@H]2c2ccc(Cl)cc2)cc1. The van der Waals surface area contributed by atoms with Crippen molar-refractivity contribution < 1.29 is 9.90 Å². The molecule has 174 valence electrons. The van der Waals surface area contributed by atoms with E-state index in [0.717, 1.165) is 28.2 Å². The zero-order valence-electron chi connectivity index (χ0n) is 18.1. The summed E-state index contributed by atoms with van der Waals surface area (Å²) in [5.74, 6) is -0.578. The normalized spacial score (nSPS) is 15.5. The molecule has 0 aliphatic carbocycles. The summed E-state index contributed by atoms with van der Waals surface area (Å²) in [6.45, 7) is 0. The van der Waals surface area contributed by atoms with Gasteiger partial charge in [0, 0.05) is 11.4 Å². The van der Waals surface area contributed by atoms with Crippen LogP contribution in [0.2, 0.25) is 5.02 Å². The molecule has 1 aliphatic heterocycles. The first-order valence-corrected chi connectivity index (χ1v) is 11.8. The molecule has 2 heterocycles. The Balaban J connectivity index is 1.52. The fourth-order valence-corrected chi connectivity index (χ4v) is 4.55. The van der Waals surface area contributed by atoms with Gasteiger partial charge in [-0.15, -0.1) is 10.2 Å². The molecular formula is C25H18ClN5O3S. The van der Waals surface area contributed by atoms with E-state index in [1.807, 2.05) is 54.6 Å². The van der Waals surface area contributed by atoms with Gasteiger partial charge in [-0.3, -0.25) is 9.78 Å². The third-order valence-electron chi connectivity index (χ3n) is 5.48. The number of aromatic nitrogens is 1. The van der Waals surface area contributed by atoms with Crippen LogP contribution in [0.15, 0.2) is 99.0 Å². The lowest BCUT2D eigenvalue weighted by Gasteiger charge is -2.22. The summed E-state index contributed by atoms with van der Waals surface area (Å²) >= 11 is 7.03. The van der Waals surface area contributed by atoms with Gasteiger partial charge in [0.25, 0.3) is 0 Å². The fraction of sp³-hybridized carbons (Fsp3) is 0.0800. The molecule has 0 saturated heterocycles. The van der Waals surface area contributed by atoms with Crippen LogP contribution in [-0.4, -0.2) is 21.8 Å². The van der Waals surface area contributed by atoms with E-state index in [9.17, 15) is 9.59 Å². The minimum atomic E-state index is -1.02. The number of benzene rings is 3. The highest BCUT2D eigenvalue weighted by molar-refractivity contribution is 7.13. The second-order valence-electron chi connectivity index (χ2n) is 7.75. The van der Waals surface area contributed by atoms with Crippen LogP contribution in [0.4, 0.5) is 16.5 Å². The lowest BCUT2D eigenvalue weighted by atomic mass is 9.98. The van der Waals surface area contributed by atoms with Gasteiger partial charge in [0.2, 0.25) is 0 Å². The van der Waals surface area contributed by atoms with Gasteiger partial charge in [-0.25, -0.2) is 9.80 Å². The zero-order chi connectivity index (χ0) is 24.4. The monoisotopic (exact) mass is 503 g/mol. The number of carbonyl (C=O) groups is 1. The first-order valence-electron chi connectivity index (χ1n) is 10.6. The standard InChI is InChI=1S/C25H18ClN5O3S/c26-18-10-6-16(7-11-18)21-14-20(15-4-2-1-3-5-15)30-31(21)22-23(35-25(34)27-22)29-28-19-12-8-17(9-13-19)24(32)33/h1-13,21H,14H2,(H,27,34)(H,32,33)/t21-/m1/s1. The number of halogens is 1. The number of aromatic carboxylic acids is 1. The minimum Gasteiger partial charge on any atom is -0.478 e. The molecule has 2 N–H and O–H groups in total. The molecule has 1 atom stereocenters. The third kappa shape index (κ3) is 4.91. The third-order valence-corrected chi connectivity index (χ3v) is 6.49. The number of nitrogens with zero attached hydrogens (tertiary/aromatic N) is 4. The Bertz CT molecular complexity index is 1480. The van der Waals surface area contributed by atoms with Crippen LogP contribution < -0.4 is 9.88 Å². The van der Waals surface area contributed by atoms with Crippen molar-refractivity contribution >= 4 is 51.1 Å². The number of nitrogens with one attached hydrogen (secondary N) is 1. The number of rotatable bonds is 6. The van der Waals surface area contributed by atoms with Crippen LogP contribution in [0.1, 0.15) is 33.9 Å². The number of anilines is 1. The Morgan fingerprint density at radius 3 is 2.43 bits per heavy atom. The number of carboxylic acids is 1. The molecule has 5 rings (SSSR count). The smallest absolute Gasteiger partial charge is 0.335 e. The van der Waals surface area contributed by atoms with Crippen molar-refractivity contribution in [1.29, 1.82) is 0 Å². The second-order valence-corrected chi connectivity index (χ2v) is 9.15. The van der Waals surface area contributed by atoms with Crippen molar-refractivity contribution in [1.82, 2.24) is 4.98 Å². The zero-order valence-corrected chi connectivity index (χ0v) is 19.7. The number of hydrogen-bond donors (Lipinski definition) is 2. The van der Waals surface area contributed by atoms with Crippen molar-refractivity contribution in [3.63, 3.8) is 0 Å². The lowest BCUT2D eigenvalue weighted by Crippen LogP contribution is -2.19. The topological polar surface area (TPSA) is 110 Å². The maximum atomic E-state index is 12.3. The molecule has 0 unspecified atom stereocenters. The van der Waals surface area contributed by atoms with Gasteiger partial charge in [0.1, 0.15) is 0 Å². The Labute approximate surface area is 208 Å². The molecule has 4 aromatic rings. The van der Waals surface area contributed by atoms with E-state index in [4.69, 9.17) is 21.8 Å². The average molecular weight is 504 g/mol. The summed E-state index contributed by atoms with van der Waals surface area (Å²) in [5.41, 5.74) is 3.48. The molecule has 0 saturated carbocycles. The first kappa shape index (κ1) is 22.7. The molecule has 0 fully saturated rings. The Morgan fingerprint density at radius 1 is 1.03 bits per heavy atom. The molecule has 3 aromatic carbocycles. The average Bonchev–Trinajstić information content (AvgIpc) is 3.47. The molecule has 1 aromatic heterocycles. The summed E-state index contributed by atoms with van der Waals surface area (Å²) in [7, 11) is 0. The van der Waals surface area contributed by atoms with E-state index in [1.54, 1.807) is 17.1 Å². The summed E-state index contributed by atoms with van der Waals surface area (Å²) in [6, 6.07) is 23.2. The summed E-state index contributed by atoms with van der Waals surface area (Å²) < 4.78 is 0. The molecule has 10 heteroatoms. The number of aromatic amines is 1. The van der Waals surface area contributed by atoms with E-state index in [0.29, 0.717) is 27.9 Å². The molecule has 0 amide bonds. The first-order chi connectivity index (χ1) is 17.0. The molecular weight excluding hydrogens is 486 g/mol. The van der Waals surface area contributed by atoms with Crippen LogP contribution in [0.5, 0.6) is 0 Å². The highest BCUT2D eigenvalue weighted by atomic mass is 35.5. The molecule has 0 radical (unpaired) electrons. The van der Waals surface area contributed by atoms with Crippen LogP contribution in [0, 0.1) is 0 Å².